The van der Waals surface area contributed by atoms with E-state index in [1.165, 1.54) is 11.5 Å². The van der Waals surface area contributed by atoms with Crippen molar-refractivity contribution < 1.29 is 19.4 Å². The first-order valence-electron chi connectivity index (χ1n) is 6.98. The minimum atomic E-state index is -0.905. The minimum absolute atomic E-state index is 0.161. The number of nitrogens with zero attached hydrogens (tertiary/aromatic N) is 2. The summed E-state index contributed by atoms with van der Waals surface area (Å²) in [7, 11) is 0. The van der Waals surface area contributed by atoms with Gasteiger partial charge in [0.2, 0.25) is 0 Å². The third kappa shape index (κ3) is 5.43. The molecule has 0 spiro atoms. The number of carboxylic acids is 1. The van der Waals surface area contributed by atoms with Gasteiger partial charge in [0.25, 0.3) is 5.91 Å². The quantitative estimate of drug-likeness (QED) is 0.706. The van der Waals surface area contributed by atoms with Crippen LogP contribution in [0.2, 0.25) is 0 Å². The summed E-state index contributed by atoms with van der Waals surface area (Å²) in [5.74, 6) is -1.67. The molecule has 0 saturated heterocycles. The van der Waals surface area contributed by atoms with Crippen LogP contribution in [-0.4, -0.2) is 52.6 Å². The molecule has 0 saturated carbocycles. The van der Waals surface area contributed by atoms with Gasteiger partial charge in [0.05, 0.1) is 17.2 Å². The van der Waals surface area contributed by atoms with Gasteiger partial charge in [-0.15, -0.1) is 0 Å². The molecule has 1 amide bonds. The van der Waals surface area contributed by atoms with Crippen LogP contribution < -0.4 is 0 Å². The molecule has 1 aromatic rings. The van der Waals surface area contributed by atoms with Crippen molar-refractivity contribution in [3.63, 3.8) is 0 Å². The fourth-order valence-electron chi connectivity index (χ4n) is 1.85. The zero-order chi connectivity index (χ0) is 15.8. The largest absolute Gasteiger partial charge is 0.481 e. The Labute approximate surface area is 128 Å². The maximum Gasteiger partial charge on any atom is 0.308 e. The van der Waals surface area contributed by atoms with Crippen LogP contribution in [0.5, 0.6) is 0 Å². The summed E-state index contributed by atoms with van der Waals surface area (Å²) in [4.78, 5) is 25.1. The number of rotatable bonds is 9. The predicted octanol–water partition coefficient (Wildman–Crippen LogP) is 2.04. The monoisotopic (exact) mass is 314 g/mol. The number of carbonyl (C=O) groups is 2. The lowest BCUT2D eigenvalue weighted by Crippen LogP contribution is -2.38. The Morgan fingerprint density at radius 1 is 1.52 bits per heavy atom. The lowest BCUT2D eigenvalue weighted by molar-refractivity contribution is -0.141. The van der Waals surface area contributed by atoms with Crippen LogP contribution in [-0.2, 0) is 9.53 Å². The first-order valence-corrected chi connectivity index (χ1v) is 7.81. The zero-order valence-corrected chi connectivity index (χ0v) is 13.5. The molecule has 0 aliphatic rings. The van der Waals surface area contributed by atoms with Gasteiger partial charge in [-0.1, -0.05) is 6.92 Å². The third-order valence-corrected chi connectivity index (χ3v) is 3.82. The number of aliphatic carboxylic acids is 1. The molecular weight excluding hydrogens is 292 g/mol. The second-order valence-corrected chi connectivity index (χ2v) is 5.48. The van der Waals surface area contributed by atoms with Crippen molar-refractivity contribution >= 4 is 23.4 Å². The molecule has 6 nitrogen and oxygen atoms in total. The van der Waals surface area contributed by atoms with E-state index in [0.717, 1.165) is 0 Å². The van der Waals surface area contributed by atoms with E-state index in [0.29, 0.717) is 37.4 Å². The number of aryl methyl sites for hydroxylation is 1. The number of carboxylic acid groups (broad SMARTS) is 1. The van der Waals surface area contributed by atoms with Crippen LogP contribution in [0, 0.1) is 12.8 Å². The van der Waals surface area contributed by atoms with Crippen LogP contribution in [0.15, 0.2) is 5.38 Å². The molecular formula is C14H22N2O4S. The second kappa shape index (κ2) is 8.74. The number of aromatic nitrogens is 1. The van der Waals surface area contributed by atoms with Gasteiger partial charge in [-0.3, -0.25) is 9.59 Å². The zero-order valence-electron chi connectivity index (χ0n) is 12.7. The van der Waals surface area contributed by atoms with Crippen LogP contribution in [0.25, 0.3) is 0 Å². The Balaban J connectivity index is 2.73. The molecule has 1 N–H and O–H groups in total. The topological polar surface area (TPSA) is 79.7 Å². The van der Waals surface area contributed by atoms with E-state index in [2.05, 4.69) is 4.37 Å². The van der Waals surface area contributed by atoms with Crippen LogP contribution in [0.4, 0.5) is 0 Å². The lowest BCUT2D eigenvalue weighted by Gasteiger charge is -2.24. The van der Waals surface area contributed by atoms with Gasteiger partial charge < -0.3 is 14.7 Å². The Hall–Kier alpha value is -1.47. The van der Waals surface area contributed by atoms with Gasteiger partial charge in [-0.05, 0) is 31.8 Å². The molecule has 0 aromatic carbocycles. The van der Waals surface area contributed by atoms with Crippen molar-refractivity contribution in [2.24, 2.45) is 5.92 Å². The highest BCUT2D eigenvalue weighted by Gasteiger charge is 2.23. The van der Waals surface area contributed by atoms with Crippen molar-refractivity contribution in [1.82, 2.24) is 9.27 Å². The van der Waals surface area contributed by atoms with Crippen LogP contribution >= 0.6 is 11.5 Å². The smallest absolute Gasteiger partial charge is 0.308 e. The van der Waals surface area contributed by atoms with Gasteiger partial charge in [-0.2, -0.15) is 4.37 Å². The van der Waals surface area contributed by atoms with Crippen molar-refractivity contribution in [2.75, 3.05) is 26.3 Å². The predicted molar refractivity (Wildman–Crippen MR) is 80.7 cm³/mol. The highest BCUT2D eigenvalue weighted by molar-refractivity contribution is 7.03. The molecule has 1 rings (SSSR count). The fourth-order valence-corrected chi connectivity index (χ4v) is 2.54. The second-order valence-electron chi connectivity index (χ2n) is 4.85. The third-order valence-electron chi connectivity index (χ3n) is 3.10. The van der Waals surface area contributed by atoms with E-state index in [1.54, 1.807) is 24.1 Å². The lowest BCUT2D eigenvalue weighted by atomic mass is 10.1. The molecule has 0 aliphatic heterocycles. The standard InChI is InChI=1S/C14H22N2O4S/c1-4-20-7-5-6-16(8-10(2)14(18)19)13(17)12-9-21-15-11(12)3/h9-10H,4-8H2,1-3H3,(H,18,19). The van der Waals surface area contributed by atoms with E-state index in [1.807, 2.05) is 6.92 Å². The Kier molecular flexibility index (Phi) is 7.31. The van der Waals surface area contributed by atoms with Crippen LogP contribution in [0.3, 0.4) is 0 Å². The molecule has 21 heavy (non-hydrogen) atoms. The highest BCUT2D eigenvalue weighted by Crippen LogP contribution is 2.14. The number of carbonyl (C=O) groups excluding carboxylic acids is 1. The average Bonchev–Trinajstić information content (AvgIpc) is 2.87. The molecule has 0 fully saturated rings. The Morgan fingerprint density at radius 3 is 2.76 bits per heavy atom. The van der Waals surface area contributed by atoms with E-state index in [4.69, 9.17) is 9.84 Å². The van der Waals surface area contributed by atoms with Gasteiger partial charge in [0, 0.05) is 31.7 Å². The normalized spacial score (nSPS) is 12.1. The van der Waals surface area contributed by atoms with E-state index < -0.39 is 11.9 Å². The molecule has 1 aromatic heterocycles. The molecule has 1 unspecified atom stereocenters. The fraction of sp³-hybridized carbons (Fsp3) is 0.643. The number of ether oxygens (including phenoxy) is 1. The average molecular weight is 314 g/mol. The Bertz CT molecular complexity index is 475. The number of amides is 1. The summed E-state index contributed by atoms with van der Waals surface area (Å²) in [6, 6.07) is 0. The summed E-state index contributed by atoms with van der Waals surface area (Å²) in [6.45, 7) is 7.15. The molecule has 1 atom stereocenters. The summed E-state index contributed by atoms with van der Waals surface area (Å²) in [5, 5.41) is 10.7. The number of hydrogen-bond donors (Lipinski definition) is 1. The van der Waals surface area contributed by atoms with E-state index >= 15 is 0 Å². The molecule has 0 bridgehead atoms. The maximum atomic E-state index is 12.5. The summed E-state index contributed by atoms with van der Waals surface area (Å²) < 4.78 is 9.36. The summed E-state index contributed by atoms with van der Waals surface area (Å²) in [6.07, 6.45) is 0.683. The van der Waals surface area contributed by atoms with Gasteiger partial charge >= 0.3 is 5.97 Å². The molecule has 0 aliphatic carbocycles. The molecule has 118 valence electrons. The van der Waals surface area contributed by atoms with Crippen molar-refractivity contribution in [3.05, 3.63) is 16.6 Å². The molecule has 0 radical (unpaired) electrons. The van der Waals surface area contributed by atoms with Crippen molar-refractivity contribution in [1.29, 1.82) is 0 Å². The first kappa shape index (κ1) is 17.6. The van der Waals surface area contributed by atoms with Crippen molar-refractivity contribution in [2.45, 2.75) is 27.2 Å². The van der Waals surface area contributed by atoms with E-state index in [-0.39, 0.29) is 12.5 Å². The van der Waals surface area contributed by atoms with Gasteiger partial charge in [0.15, 0.2) is 0 Å². The van der Waals surface area contributed by atoms with Gasteiger partial charge in [-0.25, -0.2) is 0 Å². The maximum absolute atomic E-state index is 12.5. The Morgan fingerprint density at radius 2 is 2.24 bits per heavy atom. The van der Waals surface area contributed by atoms with Gasteiger partial charge in [0.1, 0.15) is 0 Å². The minimum Gasteiger partial charge on any atom is -0.481 e. The van der Waals surface area contributed by atoms with E-state index in [9.17, 15) is 9.59 Å². The first-order chi connectivity index (χ1) is 9.97. The van der Waals surface area contributed by atoms with Crippen molar-refractivity contribution in [3.8, 4) is 0 Å². The summed E-state index contributed by atoms with van der Waals surface area (Å²) in [5.41, 5.74) is 1.23. The number of hydrogen-bond acceptors (Lipinski definition) is 5. The molecule has 7 heteroatoms. The SMILES string of the molecule is CCOCCCN(CC(C)C(=O)O)C(=O)c1csnc1C. The highest BCUT2D eigenvalue weighted by atomic mass is 32.1. The van der Waals surface area contributed by atoms with Crippen LogP contribution in [0.1, 0.15) is 36.3 Å². The molecule has 1 heterocycles. The summed E-state index contributed by atoms with van der Waals surface area (Å²) >= 11 is 1.23.